The van der Waals surface area contributed by atoms with Crippen molar-refractivity contribution in [1.82, 2.24) is 0 Å². The Morgan fingerprint density at radius 1 is 1.10 bits per heavy atom. The van der Waals surface area contributed by atoms with Crippen LogP contribution in [-0.2, 0) is 6.18 Å². The van der Waals surface area contributed by atoms with Crippen molar-refractivity contribution in [3.05, 3.63) is 59.2 Å². The van der Waals surface area contributed by atoms with Gasteiger partial charge in [-0.15, -0.1) is 0 Å². The zero-order chi connectivity index (χ0) is 15.5. The van der Waals surface area contributed by atoms with E-state index < -0.39 is 17.5 Å². The number of carbonyl (C=O) groups excluding carboxylic acids is 1. The van der Waals surface area contributed by atoms with Gasteiger partial charge in [-0.3, -0.25) is 4.79 Å². The minimum Gasteiger partial charge on any atom is -0.457 e. The van der Waals surface area contributed by atoms with Gasteiger partial charge in [-0.2, -0.15) is 18.4 Å². The Labute approximate surface area is 118 Å². The molecule has 2 aromatic carbocycles. The Morgan fingerprint density at radius 2 is 1.76 bits per heavy atom. The molecule has 0 amide bonds. The van der Waals surface area contributed by atoms with Crippen LogP contribution >= 0.6 is 0 Å². The highest BCUT2D eigenvalue weighted by atomic mass is 19.4. The zero-order valence-electron chi connectivity index (χ0n) is 10.5. The predicted octanol–water partition coefficient (Wildman–Crippen LogP) is 4.18. The van der Waals surface area contributed by atoms with E-state index in [1.807, 2.05) is 6.07 Å². The second-order valence-corrected chi connectivity index (χ2v) is 4.11. The van der Waals surface area contributed by atoms with Crippen LogP contribution in [0.3, 0.4) is 0 Å². The number of halogens is 3. The van der Waals surface area contributed by atoms with E-state index in [1.54, 1.807) is 0 Å². The first-order valence-corrected chi connectivity index (χ1v) is 5.78. The number of rotatable bonds is 3. The number of aldehydes is 1. The Balaban J connectivity index is 2.39. The molecule has 0 bridgehead atoms. The monoisotopic (exact) mass is 291 g/mol. The molecule has 2 aromatic rings. The fourth-order valence-electron chi connectivity index (χ4n) is 1.66. The number of benzene rings is 2. The summed E-state index contributed by atoms with van der Waals surface area (Å²) in [7, 11) is 0. The molecular formula is C15H8F3NO2. The molecular weight excluding hydrogens is 283 g/mol. The second kappa shape index (κ2) is 5.67. The molecule has 0 atom stereocenters. The number of ether oxygens (including phenoxy) is 1. The third-order valence-electron chi connectivity index (χ3n) is 2.66. The van der Waals surface area contributed by atoms with Crippen molar-refractivity contribution in [3.63, 3.8) is 0 Å². The number of nitriles is 1. The number of alkyl halides is 3. The summed E-state index contributed by atoms with van der Waals surface area (Å²) in [5.74, 6) is -0.240. The van der Waals surface area contributed by atoms with Gasteiger partial charge in [0.25, 0.3) is 0 Å². The predicted molar refractivity (Wildman–Crippen MR) is 68.1 cm³/mol. The van der Waals surface area contributed by atoms with Crippen LogP contribution < -0.4 is 4.74 Å². The van der Waals surface area contributed by atoms with Gasteiger partial charge in [0.15, 0.2) is 0 Å². The highest BCUT2D eigenvalue weighted by molar-refractivity contribution is 5.75. The van der Waals surface area contributed by atoms with Gasteiger partial charge in [-0.05, 0) is 42.5 Å². The average Bonchev–Trinajstić information content (AvgIpc) is 2.47. The summed E-state index contributed by atoms with van der Waals surface area (Å²) < 4.78 is 44.0. The molecule has 106 valence electrons. The van der Waals surface area contributed by atoms with Crippen LogP contribution in [0.25, 0.3) is 0 Å². The molecule has 0 saturated heterocycles. The standard InChI is InChI=1S/C15H8F3NO2/c16-15(17,18)13-7-11(9-20)3-6-14(13)21-12-4-1-10(8-19)2-5-12/h1-7,9H. The third-order valence-corrected chi connectivity index (χ3v) is 2.66. The minimum atomic E-state index is -4.64. The summed E-state index contributed by atoms with van der Waals surface area (Å²) in [4.78, 5) is 10.6. The third kappa shape index (κ3) is 3.39. The van der Waals surface area contributed by atoms with Crippen molar-refractivity contribution >= 4 is 6.29 Å². The molecule has 0 aliphatic rings. The molecule has 6 heteroatoms. The van der Waals surface area contributed by atoms with E-state index in [4.69, 9.17) is 10.00 Å². The Bertz CT molecular complexity index is 700. The Morgan fingerprint density at radius 3 is 2.29 bits per heavy atom. The number of hydrogen-bond donors (Lipinski definition) is 0. The van der Waals surface area contributed by atoms with Gasteiger partial charge in [0.2, 0.25) is 0 Å². The lowest BCUT2D eigenvalue weighted by molar-refractivity contribution is -0.138. The smallest absolute Gasteiger partial charge is 0.420 e. The van der Waals surface area contributed by atoms with Gasteiger partial charge in [-0.25, -0.2) is 0 Å². The lowest BCUT2D eigenvalue weighted by Crippen LogP contribution is -2.08. The van der Waals surface area contributed by atoms with Gasteiger partial charge in [0.1, 0.15) is 17.8 Å². The molecule has 0 aliphatic heterocycles. The highest BCUT2D eigenvalue weighted by Gasteiger charge is 2.34. The van der Waals surface area contributed by atoms with Crippen LogP contribution in [0.1, 0.15) is 21.5 Å². The Kier molecular flexibility index (Phi) is 3.94. The number of hydrogen-bond acceptors (Lipinski definition) is 3. The maximum atomic E-state index is 12.9. The van der Waals surface area contributed by atoms with E-state index in [-0.39, 0.29) is 11.3 Å². The zero-order valence-corrected chi connectivity index (χ0v) is 10.5. The van der Waals surface area contributed by atoms with Crippen LogP contribution in [0.4, 0.5) is 13.2 Å². The number of nitrogens with zero attached hydrogens (tertiary/aromatic N) is 1. The largest absolute Gasteiger partial charge is 0.457 e. The fourth-order valence-corrected chi connectivity index (χ4v) is 1.66. The van der Waals surface area contributed by atoms with E-state index in [1.165, 1.54) is 30.3 Å². The fraction of sp³-hybridized carbons (Fsp3) is 0.0667. The molecule has 0 unspecified atom stereocenters. The first-order chi connectivity index (χ1) is 9.94. The summed E-state index contributed by atoms with van der Waals surface area (Å²) in [6.45, 7) is 0. The van der Waals surface area contributed by atoms with E-state index in [9.17, 15) is 18.0 Å². The van der Waals surface area contributed by atoms with Crippen molar-refractivity contribution in [1.29, 1.82) is 5.26 Å². The van der Waals surface area contributed by atoms with Crippen LogP contribution in [0.5, 0.6) is 11.5 Å². The maximum Gasteiger partial charge on any atom is 0.420 e. The van der Waals surface area contributed by atoms with Crippen LogP contribution in [0.15, 0.2) is 42.5 Å². The average molecular weight is 291 g/mol. The van der Waals surface area contributed by atoms with Crippen molar-refractivity contribution in [2.45, 2.75) is 6.18 Å². The number of carbonyl (C=O) groups is 1. The summed E-state index contributed by atoms with van der Waals surface area (Å²) in [6, 6.07) is 10.6. The molecule has 2 rings (SSSR count). The quantitative estimate of drug-likeness (QED) is 0.797. The molecule has 0 aliphatic carbocycles. The maximum absolute atomic E-state index is 12.9. The topological polar surface area (TPSA) is 50.1 Å². The second-order valence-electron chi connectivity index (χ2n) is 4.11. The summed E-state index contributed by atoms with van der Waals surface area (Å²) in [5, 5.41) is 8.65. The van der Waals surface area contributed by atoms with Crippen LogP contribution in [0.2, 0.25) is 0 Å². The van der Waals surface area contributed by atoms with E-state index >= 15 is 0 Å². The molecule has 0 aromatic heterocycles. The summed E-state index contributed by atoms with van der Waals surface area (Å²) in [6.07, 6.45) is -4.30. The van der Waals surface area contributed by atoms with Crippen LogP contribution in [-0.4, -0.2) is 6.29 Å². The lowest BCUT2D eigenvalue weighted by Gasteiger charge is -2.14. The van der Waals surface area contributed by atoms with E-state index in [0.717, 1.165) is 12.1 Å². The summed E-state index contributed by atoms with van der Waals surface area (Å²) >= 11 is 0. The molecule has 0 heterocycles. The van der Waals surface area contributed by atoms with Gasteiger partial charge in [0.05, 0.1) is 17.2 Å². The van der Waals surface area contributed by atoms with Crippen molar-refractivity contribution < 1.29 is 22.7 Å². The molecule has 0 N–H and O–H groups in total. The first-order valence-electron chi connectivity index (χ1n) is 5.78. The molecule has 0 radical (unpaired) electrons. The lowest BCUT2D eigenvalue weighted by atomic mass is 10.1. The molecule has 0 fully saturated rings. The normalized spacial score (nSPS) is 10.8. The van der Waals surface area contributed by atoms with Crippen molar-refractivity contribution in [2.24, 2.45) is 0 Å². The Hall–Kier alpha value is -2.81. The van der Waals surface area contributed by atoms with Gasteiger partial charge < -0.3 is 4.74 Å². The highest BCUT2D eigenvalue weighted by Crippen LogP contribution is 2.38. The SMILES string of the molecule is N#Cc1ccc(Oc2ccc(C=O)cc2C(F)(F)F)cc1. The van der Waals surface area contributed by atoms with E-state index in [2.05, 4.69) is 0 Å². The summed E-state index contributed by atoms with van der Waals surface area (Å²) in [5.41, 5.74) is -0.749. The van der Waals surface area contributed by atoms with Crippen LogP contribution in [0, 0.1) is 11.3 Å². The van der Waals surface area contributed by atoms with Gasteiger partial charge in [-0.1, -0.05) is 0 Å². The molecule has 0 spiro atoms. The molecule has 21 heavy (non-hydrogen) atoms. The van der Waals surface area contributed by atoms with Gasteiger partial charge >= 0.3 is 6.18 Å². The van der Waals surface area contributed by atoms with Crippen molar-refractivity contribution in [3.8, 4) is 17.6 Å². The minimum absolute atomic E-state index is 0.0884. The first kappa shape index (κ1) is 14.6. The van der Waals surface area contributed by atoms with Gasteiger partial charge in [0, 0.05) is 5.56 Å². The van der Waals surface area contributed by atoms with E-state index in [0.29, 0.717) is 11.8 Å². The van der Waals surface area contributed by atoms with Crippen molar-refractivity contribution in [2.75, 3.05) is 0 Å². The molecule has 3 nitrogen and oxygen atoms in total. The molecule has 0 saturated carbocycles.